The van der Waals surface area contributed by atoms with Crippen LogP contribution in [-0.2, 0) is 0 Å². The third kappa shape index (κ3) is 2.08. The molecule has 0 amide bonds. The predicted octanol–water partition coefficient (Wildman–Crippen LogP) is 1.82. The minimum atomic E-state index is -0.978. The van der Waals surface area contributed by atoms with E-state index in [0.29, 0.717) is 23.1 Å². The van der Waals surface area contributed by atoms with Crippen molar-refractivity contribution < 1.29 is 14.4 Å². The normalized spacial score (nSPS) is 10.5. The summed E-state index contributed by atoms with van der Waals surface area (Å²) >= 11 is 0. The van der Waals surface area contributed by atoms with Crippen LogP contribution in [0, 0.1) is 0 Å². The summed E-state index contributed by atoms with van der Waals surface area (Å²) in [6.45, 7) is 0. The van der Waals surface area contributed by atoms with Gasteiger partial charge in [-0.2, -0.15) is 4.98 Å². The molecule has 0 radical (unpaired) electrons. The molecule has 19 heavy (non-hydrogen) atoms. The van der Waals surface area contributed by atoms with Gasteiger partial charge in [-0.1, -0.05) is 5.16 Å². The molecule has 7 heteroatoms. The maximum absolute atomic E-state index is 10.7. The average Bonchev–Trinajstić information content (AvgIpc) is 3.10. The van der Waals surface area contributed by atoms with E-state index in [-0.39, 0.29) is 5.56 Å². The van der Waals surface area contributed by atoms with Crippen LogP contribution >= 0.6 is 0 Å². The number of rotatable bonds is 3. The maximum Gasteiger partial charge on any atom is 0.335 e. The number of imidazole rings is 1. The molecule has 94 valence electrons. The molecule has 0 unspecified atom stereocenters. The highest BCUT2D eigenvalue weighted by molar-refractivity contribution is 5.88. The number of benzene rings is 1. The Labute approximate surface area is 106 Å². The standard InChI is InChI=1S/C12H8N4O3/c17-12(18)8-3-1-7(2-4-8)11-15-10(16-19-11)9-13-5-6-14-9/h1-6H,(H,13,14)(H,17,18). The second kappa shape index (κ2) is 4.37. The number of H-pyrrole nitrogens is 1. The number of carboxylic acid groups (broad SMARTS) is 1. The Morgan fingerprint density at radius 1 is 1.26 bits per heavy atom. The van der Waals surface area contributed by atoms with E-state index in [1.54, 1.807) is 24.5 Å². The Kier molecular flexibility index (Phi) is 2.57. The second-order valence-corrected chi connectivity index (χ2v) is 3.74. The van der Waals surface area contributed by atoms with Crippen molar-refractivity contribution in [1.82, 2.24) is 20.1 Å². The zero-order valence-electron chi connectivity index (χ0n) is 9.57. The van der Waals surface area contributed by atoms with Gasteiger partial charge in [0.05, 0.1) is 5.56 Å². The fourth-order valence-corrected chi connectivity index (χ4v) is 1.58. The number of hydrogen-bond acceptors (Lipinski definition) is 5. The van der Waals surface area contributed by atoms with Crippen molar-refractivity contribution >= 4 is 5.97 Å². The summed E-state index contributed by atoms with van der Waals surface area (Å²) in [7, 11) is 0. The fourth-order valence-electron chi connectivity index (χ4n) is 1.58. The molecule has 3 rings (SSSR count). The molecule has 0 bridgehead atoms. The summed E-state index contributed by atoms with van der Waals surface area (Å²) in [4.78, 5) is 21.8. The third-order valence-electron chi connectivity index (χ3n) is 2.51. The number of aromatic amines is 1. The highest BCUT2D eigenvalue weighted by Gasteiger charge is 2.12. The minimum Gasteiger partial charge on any atom is -0.478 e. The Hall–Kier alpha value is -2.96. The number of nitrogens with zero attached hydrogens (tertiary/aromatic N) is 3. The van der Waals surface area contributed by atoms with E-state index in [2.05, 4.69) is 20.1 Å². The van der Waals surface area contributed by atoms with E-state index in [0.717, 1.165) is 0 Å². The number of carbonyl (C=O) groups is 1. The number of aromatic carboxylic acids is 1. The first kappa shape index (κ1) is 11.1. The van der Waals surface area contributed by atoms with Crippen LogP contribution in [0.1, 0.15) is 10.4 Å². The Morgan fingerprint density at radius 3 is 2.68 bits per heavy atom. The van der Waals surface area contributed by atoms with Gasteiger partial charge < -0.3 is 14.6 Å². The lowest BCUT2D eigenvalue weighted by atomic mass is 10.1. The quantitative estimate of drug-likeness (QED) is 0.740. The molecule has 7 nitrogen and oxygen atoms in total. The summed E-state index contributed by atoms with van der Waals surface area (Å²) in [5, 5.41) is 12.6. The third-order valence-corrected chi connectivity index (χ3v) is 2.51. The molecule has 0 aliphatic carbocycles. The van der Waals surface area contributed by atoms with Crippen molar-refractivity contribution in [3.63, 3.8) is 0 Å². The van der Waals surface area contributed by atoms with Gasteiger partial charge in [0.25, 0.3) is 5.89 Å². The van der Waals surface area contributed by atoms with Crippen LogP contribution in [0.3, 0.4) is 0 Å². The lowest BCUT2D eigenvalue weighted by Crippen LogP contribution is -1.94. The molecular weight excluding hydrogens is 248 g/mol. The van der Waals surface area contributed by atoms with Crippen molar-refractivity contribution in [2.45, 2.75) is 0 Å². The van der Waals surface area contributed by atoms with E-state index in [4.69, 9.17) is 9.63 Å². The number of nitrogens with one attached hydrogen (secondary N) is 1. The van der Waals surface area contributed by atoms with Crippen molar-refractivity contribution in [2.24, 2.45) is 0 Å². The monoisotopic (exact) mass is 256 g/mol. The highest BCUT2D eigenvalue weighted by atomic mass is 16.5. The molecule has 2 N–H and O–H groups in total. The zero-order chi connectivity index (χ0) is 13.2. The topological polar surface area (TPSA) is 105 Å². The van der Waals surface area contributed by atoms with E-state index >= 15 is 0 Å². The van der Waals surface area contributed by atoms with Crippen LogP contribution in [0.5, 0.6) is 0 Å². The first-order chi connectivity index (χ1) is 9.24. The molecule has 0 spiro atoms. The Morgan fingerprint density at radius 2 is 2.05 bits per heavy atom. The van der Waals surface area contributed by atoms with E-state index in [1.165, 1.54) is 12.1 Å². The Balaban J connectivity index is 1.92. The van der Waals surface area contributed by atoms with Crippen LogP contribution in [0.2, 0.25) is 0 Å². The lowest BCUT2D eigenvalue weighted by molar-refractivity contribution is 0.0697. The van der Waals surface area contributed by atoms with Gasteiger partial charge in [-0.25, -0.2) is 9.78 Å². The van der Waals surface area contributed by atoms with Crippen LogP contribution < -0.4 is 0 Å². The summed E-state index contributed by atoms with van der Waals surface area (Å²) in [5.41, 5.74) is 0.852. The largest absolute Gasteiger partial charge is 0.478 e. The van der Waals surface area contributed by atoms with Gasteiger partial charge in [0.2, 0.25) is 5.82 Å². The van der Waals surface area contributed by atoms with Gasteiger partial charge >= 0.3 is 5.97 Å². The molecule has 0 saturated heterocycles. The molecular formula is C12H8N4O3. The molecule has 2 heterocycles. The van der Waals surface area contributed by atoms with Gasteiger partial charge in [0.1, 0.15) is 0 Å². The Bertz CT molecular complexity index is 701. The molecule has 3 aromatic rings. The molecule has 1 aromatic carbocycles. The van der Waals surface area contributed by atoms with Crippen molar-refractivity contribution in [3.05, 3.63) is 42.2 Å². The summed E-state index contributed by atoms with van der Waals surface area (Å²) < 4.78 is 5.11. The van der Waals surface area contributed by atoms with E-state index in [1.807, 2.05) is 0 Å². The smallest absolute Gasteiger partial charge is 0.335 e. The van der Waals surface area contributed by atoms with Gasteiger partial charge in [0, 0.05) is 18.0 Å². The molecule has 0 saturated carbocycles. The van der Waals surface area contributed by atoms with Crippen molar-refractivity contribution in [1.29, 1.82) is 0 Å². The SMILES string of the molecule is O=C(O)c1ccc(-c2nc(-c3ncc[nH]3)no2)cc1. The van der Waals surface area contributed by atoms with Gasteiger partial charge in [0.15, 0.2) is 5.82 Å². The number of aromatic nitrogens is 4. The van der Waals surface area contributed by atoms with Crippen LogP contribution in [0.25, 0.3) is 23.1 Å². The van der Waals surface area contributed by atoms with Crippen LogP contribution in [-0.4, -0.2) is 31.2 Å². The molecule has 0 fully saturated rings. The predicted molar refractivity (Wildman–Crippen MR) is 64.3 cm³/mol. The molecule has 0 aliphatic rings. The lowest BCUT2D eigenvalue weighted by Gasteiger charge is -1.95. The summed E-state index contributed by atoms with van der Waals surface area (Å²) in [5.74, 6) is 0.191. The van der Waals surface area contributed by atoms with Crippen molar-refractivity contribution in [3.8, 4) is 23.1 Å². The van der Waals surface area contributed by atoms with Gasteiger partial charge in [-0.05, 0) is 24.3 Å². The first-order valence-corrected chi connectivity index (χ1v) is 5.41. The van der Waals surface area contributed by atoms with Crippen LogP contribution in [0.15, 0.2) is 41.2 Å². The minimum absolute atomic E-state index is 0.203. The fraction of sp³-hybridized carbons (Fsp3) is 0. The molecule has 2 aromatic heterocycles. The summed E-state index contributed by atoms with van der Waals surface area (Å²) in [6, 6.07) is 6.19. The van der Waals surface area contributed by atoms with E-state index < -0.39 is 5.97 Å². The number of carboxylic acids is 1. The van der Waals surface area contributed by atoms with E-state index in [9.17, 15) is 4.79 Å². The average molecular weight is 256 g/mol. The zero-order valence-corrected chi connectivity index (χ0v) is 9.57. The molecule has 0 aliphatic heterocycles. The summed E-state index contributed by atoms with van der Waals surface area (Å²) in [6.07, 6.45) is 3.25. The maximum atomic E-state index is 10.7. The van der Waals surface area contributed by atoms with Crippen LogP contribution in [0.4, 0.5) is 0 Å². The van der Waals surface area contributed by atoms with Crippen molar-refractivity contribution in [2.75, 3.05) is 0 Å². The second-order valence-electron chi connectivity index (χ2n) is 3.74. The first-order valence-electron chi connectivity index (χ1n) is 5.41. The van der Waals surface area contributed by atoms with Gasteiger partial charge in [-0.15, -0.1) is 0 Å². The highest BCUT2D eigenvalue weighted by Crippen LogP contribution is 2.20. The molecule has 0 atom stereocenters. The van der Waals surface area contributed by atoms with Gasteiger partial charge in [-0.3, -0.25) is 0 Å². The number of hydrogen-bond donors (Lipinski definition) is 2.